The fourth-order valence-corrected chi connectivity index (χ4v) is 2.23. The average molecular weight is 286 g/mol. The summed E-state index contributed by atoms with van der Waals surface area (Å²) in [6.07, 6.45) is 0. The molecule has 0 bridgehead atoms. The van der Waals surface area contributed by atoms with E-state index in [0.29, 0.717) is 11.4 Å². The highest BCUT2D eigenvalue weighted by Crippen LogP contribution is 2.27. The Kier molecular flexibility index (Phi) is 4.12. The third kappa shape index (κ3) is 3.13. The van der Waals surface area contributed by atoms with Crippen LogP contribution in [0.15, 0.2) is 24.3 Å². The summed E-state index contributed by atoms with van der Waals surface area (Å²) < 4.78 is 5.16. The van der Waals surface area contributed by atoms with Gasteiger partial charge < -0.3 is 15.2 Å². The Labute approximate surface area is 123 Å². The third-order valence-electron chi connectivity index (χ3n) is 3.25. The largest absolute Gasteiger partial charge is 0.497 e. The number of rotatable bonds is 4. The Morgan fingerprint density at radius 3 is 2.48 bits per heavy atom. The monoisotopic (exact) mass is 286 g/mol. The molecule has 0 aliphatic rings. The summed E-state index contributed by atoms with van der Waals surface area (Å²) >= 11 is 0. The predicted octanol–water partition coefficient (Wildman–Crippen LogP) is 3.46. The van der Waals surface area contributed by atoms with Crippen molar-refractivity contribution in [2.24, 2.45) is 0 Å². The number of nitrogens with zero attached hydrogens (tertiary/aromatic N) is 1. The number of pyridine rings is 1. The maximum absolute atomic E-state index is 11.4. The van der Waals surface area contributed by atoms with Crippen molar-refractivity contribution in [1.29, 1.82) is 0 Å². The van der Waals surface area contributed by atoms with Crippen molar-refractivity contribution < 1.29 is 14.6 Å². The normalized spacial score (nSPS) is 10.3. The molecule has 5 nitrogen and oxygen atoms in total. The van der Waals surface area contributed by atoms with Crippen LogP contribution in [0, 0.1) is 20.8 Å². The number of nitrogens with one attached hydrogen (secondary N) is 1. The number of ether oxygens (including phenoxy) is 1. The van der Waals surface area contributed by atoms with Crippen LogP contribution in [0.25, 0.3) is 0 Å². The van der Waals surface area contributed by atoms with Gasteiger partial charge in [0.05, 0.1) is 7.11 Å². The molecular weight excluding hydrogens is 268 g/mol. The van der Waals surface area contributed by atoms with E-state index in [2.05, 4.69) is 10.3 Å². The van der Waals surface area contributed by atoms with E-state index in [0.717, 1.165) is 22.7 Å². The number of carboxylic acid groups (broad SMARTS) is 1. The van der Waals surface area contributed by atoms with E-state index >= 15 is 0 Å². The van der Waals surface area contributed by atoms with Gasteiger partial charge in [0.2, 0.25) is 0 Å². The van der Waals surface area contributed by atoms with Crippen LogP contribution in [0.3, 0.4) is 0 Å². The molecule has 21 heavy (non-hydrogen) atoms. The molecular formula is C16H18N2O3. The first-order valence-corrected chi connectivity index (χ1v) is 6.55. The van der Waals surface area contributed by atoms with Crippen LogP contribution in [-0.2, 0) is 0 Å². The minimum absolute atomic E-state index is 0.191. The zero-order chi connectivity index (χ0) is 15.6. The number of benzene rings is 1. The van der Waals surface area contributed by atoms with E-state index in [9.17, 15) is 9.90 Å². The van der Waals surface area contributed by atoms with E-state index in [1.54, 1.807) is 20.1 Å². The number of aromatic carboxylic acids is 1. The third-order valence-corrected chi connectivity index (χ3v) is 3.25. The summed E-state index contributed by atoms with van der Waals surface area (Å²) in [6, 6.07) is 7.30. The molecule has 0 aliphatic heterocycles. The lowest BCUT2D eigenvalue weighted by molar-refractivity contribution is 0.0697. The molecule has 0 radical (unpaired) electrons. The van der Waals surface area contributed by atoms with Crippen molar-refractivity contribution >= 4 is 17.5 Å². The zero-order valence-electron chi connectivity index (χ0n) is 12.5. The first-order chi connectivity index (χ1) is 9.92. The molecule has 0 amide bonds. The topological polar surface area (TPSA) is 71.5 Å². The van der Waals surface area contributed by atoms with Gasteiger partial charge in [-0.15, -0.1) is 0 Å². The van der Waals surface area contributed by atoms with Crippen molar-refractivity contribution in [1.82, 2.24) is 4.98 Å². The van der Waals surface area contributed by atoms with Crippen molar-refractivity contribution in [3.63, 3.8) is 0 Å². The summed E-state index contributed by atoms with van der Waals surface area (Å²) in [4.78, 5) is 15.7. The Hall–Kier alpha value is -2.56. The molecule has 0 unspecified atom stereocenters. The maximum Gasteiger partial charge on any atom is 0.339 e. The second kappa shape index (κ2) is 5.83. The van der Waals surface area contributed by atoms with Crippen LogP contribution in [0.1, 0.15) is 27.2 Å². The molecule has 110 valence electrons. The van der Waals surface area contributed by atoms with Gasteiger partial charge in [-0.25, -0.2) is 9.78 Å². The number of methoxy groups -OCH3 is 1. The molecule has 0 aliphatic carbocycles. The van der Waals surface area contributed by atoms with Crippen LogP contribution in [-0.4, -0.2) is 23.2 Å². The first kappa shape index (κ1) is 14.8. The van der Waals surface area contributed by atoms with Gasteiger partial charge >= 0.3 is 5.97 Å². The minimum atomic E-state index is -0.992. The van der Waals surface area contributed by atoms with Gasteiger partial charge in [-0.2, -0.15) is 0 Å². The Morgan fingerprint density at radius 2 is 1.90 bits per heavy atom. The van der Waals surface area contributed by atoms with Gasteiger partial charge in [0.1, 0.15) is 17.1 Å². The first-order valence-electron chi connectivity index (χ1n) is 6.55. The van der Waals surface area contributed by atoms with Gasteiger partial charge in [-0.3, -0.25) is 0 Å². The molecule has 0 fully saturated rings. The molecule has 0 atom stereocenters. The van der Waals surface area contributed by atoms with E-state index in [-0.39, 0.29) is 5.56 Å². The minimum Gasteiger partial charge on any atom is -0.497 e. The van der Waals surface area contributed by atoms with Gasteiger partial charge in [0, 0.05) is 11.4 Å². The number of hydrogen-bond acceptors (Lipinski definition) is 4. The van der Waals surface area contributed by atoms with E-state index < -0.39 is 5.97 Å². The fourth-order valence-electron chi connectivity index (χ4n) is 2.23. The van der Waals surface area contributed by atoms with Crippen LogP contribution in [0.5, 0.6) is 5.75 Å². The van der Waals surface area contributed by atoms with Crippen molar-refractivity contribution in [2.75, 3.05) is 12.4 Å². The molecule has 0 saturated carbocycles. The van der Waals surface area contributed by atoms with Crippen LogP contribution >= 0.6 is 0 Å². The van der Waals surface area contributed by atoms with Gasteiger partial charge in [0.25, 0.3) is 0 Å². The quantitative estimate of drug-likeness (QED) is 0.900. The standard InChI is InChI=1S/C16H18N2O3/c1-9-8-12(21-4)5-6-13(9)18-15-14(16(19)20)10(2)7-11(3)17-15/h5-8H,1-4H3,(H,17,18)(H,19,20). The maximum atomic E-state index is 11.4. The van der Waals surface area contributed by atoms with E-state index in [4.69, 9.17) is 4.74 Å². The van der Waals surface area contributed by atoms with Crippen LogP contribution in [0.4, 0.5) is 11.5 Å². The highest BCUT2D eigenvalue weighted by molar-refractivity contribution is 5.95. The molecule has 2 rings (SSSR count). The molecule has 0 saturated heterocycles. The van der Waals surface area contributed by atoms with Gasteiger partial charge in [-0.05, 0) is 56.2 Å². The lowest BCUT2D eigenvalue weighted by Gasteiger charge is -2.14. The molecule has 1 heterocycles. The average Bonchev–Trinajstić information content (AvgIpc) is 2.39. The smallest absolute Gasteiger partial charge is 0.339 e. The Balaban J connectivity index is 2.46. The predicted molar refractivity (Wildman–Crippen MR) is 81.7 cm³/mol. The highest BCUT2D eigenvalue weighted by atomic mass is 16.5. The summed E-state index contributed by atoms with van der Waals surface area (Å²) in [5.41, 5.74) is 3.40. The fraction of sp³-hybridized carbons (Fsp3) is 0.250. The zero-order valence-corrected chi connectivity index (χ0v) is 12.5. The number of carboxylic acids is 1. The summed E-state index contributed by atoms with van der Waals surface area (Å²) in [6.45, 7) is 5.53. The van der Waals surface area contributed by atoms with E-state index in [1.165, 1.54) is 0 Å². The molecule has 1 aromatic heterocycles. The SMILES string of the molecule is COc1ccc(Nc2nc(C)cc(C)c2C(=O)O)c(C)c1. The lowest BCUT2D eigenvalue weighted by atomic mass is 10.1. The molecule has 0 spiro atoms. The number of aryl methyl sites for hydroxylation is 3. The van der Waals surface area contributed by atoms with Crippen molar-refractivity contribution in [3.8, 4) is 5.75 Å². The molecule has 2 N–H and O–H groups in total. The molecule has 5 heteroatoms. The van der Waals surface area contributed by atoms with Crippen LogP contribution < -0.4 is 10.1 Å². The number of hydrogen-bond donors (Lipinski definition) is 2. The van der Waals surface area contributed by atoms with Crippen molar-refractivity contribution in [2.45, 2.75) is 20.8 Å². The lowest BCUT2D eigenvalue weighted by Crippen LogP contribution is -2.09. The Morgan fingerprint density at radius 1 is 1.19 bits per heavy atom. The number of aromatic nitrogens is 1. The molecule has 1 aromatic carbocycles. The highest BCUT2D eigenvalue weighted by Gasteiger charge is 2.16. The van der Waals surface area contributed by atoms with Crippen molar-refractivity contribution in [3.05, 3.63) is 46.6 Å². The van der Waals surface area contributed by atoms with Gasteiger partial charge in [0.15, 0.2) is 0 Å². The molecule has 2 aromatic rings. The summed E-state index contributed by atoms with van der Waals surface area (Å²) in [5.74, 6) is 0.117. The second-order valence-electron chi connectivity index (χ2n) is 4.92. The number of anilines is 2. The Bertz CT molecular complexity index is 696. The number of carbonyl (C=O) groups is 1. The second-order valence-corrected chi connectivity index (χ2v) is 4.92. The summed E-state index contributed by atoms with van der Waals surface area (Å²) in [7, 11) is 1.61. The van der Waals surface area contributed by atoms with Crippen LogP contribution in [0.2, 0.25) is 0 Å². The van der Waals surface area contributed by atoms with Gasteiger partial charge in [-0.1, -0.05) is 0 Å². The summed E-state index contributed by atoms with van der Waals surface area (Å²) in [5, 5.41) is 12.5. The van der Waals surface area contributed by atoms with E-state index in [1.807, 2.05) is 32.0 Å².